The van der Waals surface area contributed by atoms with Gasteiger partial charge in [0.25, 0.3) is 5.91 Å². The summed E-state index contributed by atoms with van der Waals surface area (Å²) in [4.78, 5) is 19.6. The number of benzene rings is 1. The van der Waals surface area contributed by atoms with Crippen molar-refractivity contribution in [3.63, 3.8) is 0 Å². The lowest BCUT2D eigenvalue weighted by molar-refractivity contribution is -0.357. The molecule has 2 atom stereocenters. The molecular formula is C18H14ClF5N4O2. The third-order valence-corrected chi connectivity index (χ3v) is 4.71. The van der Waals surface area contributed by atoms with Crippen molar-refractivity contribution in [3.05, 3.63) is 58.6 Å². The first-order valence-electron chi connectivity index (χ1n) is 8.34. The lowest BCUT2D eigenvalue weighted by Gasteiger charge is -2.43. The van der Waals surface area contributed by atoms with Crippen molar-refractivity contribution in [1.82, 2.24) is 4.98 Å². The number of amidine groups is 1. The quantitative estimate of drug-likeness (QED) is 0.696. The highest BCUT2D eigenvalue weighted by molar-refractivity contribution is 6.30. The predicted molar refractivity (Wildman–Crippen MR) is 98.4 cm³/mol. The zero-order valence-corrected chi connectivity index (χ0v) is 16.0. The number of halogens is 6. The van der Waals surface area contributed by atoms with Crippen LogP contribution in [0.4, 0.5) is 27.6 Å². The minimum atomic E-state index is -5.55. The molecule has 0 radical (unpaired) electrons. The van der Waals surface area contributed by atoms with Crippen molar-refractivity contribution < 1.29 is 31.5 Å². The van der Waals surface area contributed by atoms with Crippen LogP contribution in [0.3, 0.4) is 0 Å². The van der Waals surface area contributed by atoms with Gasteiger partial charge in [-0.15, -0.1) is 0 Å². The molecule has 0 saturated carbocycles. The van der Waals surface area contributed by atoms with Crippen LogP contribution in [0.1, 0.15) is 23.0 Å². The largest absolute Gasteiger partial charge is 0.451 e. The smallest absolute Gasteiger partial charge is 0.385 e. The Morgan fingerprint density at radius 3 is 2.60 bits per heavy atom. The molecule has 3 N–H and O–H groups in total. The van der Waals surface area contributed by atoms with Gasteiger partial charge in [0.15, 0.2) is 5.54 Å². The Balaban J connectivity index is 2.04. The van der Waals surface area contributed by atoms with Crippen molar-refractivity contribution in [3.8, 4) is 0 Å². The maximum Gasteiger partial charge on any atom is 0.451 e. The monoisotopic (exact) mass is 448 g/mol. The fraction of sp³-hybridized carbons (Fsp3) is 0.278. The molecule has 1 aromatic carbocycles. The average molecular weight is 449 g/mol. The summed E-state index contributed by atoms with van der Waals surface area (Å²) in [5.74, 6) is -6.76. The van der Waals surface area contributed by atoms with Gasteiger partial charge < -0.3 is 15.8 Å². The summed E-state index contributed by atoms with van der Waals surface area (Å²) in [5.41, 5.74) is 1.54. The van der Waals surface area contributed by atoms with E-state index in [9.17, 15) is 22.4 Å². The number of aromatic nitrogens is 1. The number of pyridine rings is 1. The van der Waals surface area contributed by atoms with Crippen LogP contribution in [0.5, 0.6) is 0 Å². The highest BCUT2D eigenvalue weighted by Gasteiger charge is 2.71. The van der Waals surface area contributed by atoms with Gasteiger partial charge >= 0.3 is 12.0 Å². The summed E-state index contributed by atoms with van der Waals surface area (Å²) in [6, 6.07) is 5.38. The Bertz CT molecular complexity index is 1010. The van der Waals surface area contributed by atoms with Crippen LogP contribution in [0.25, 0.3) is 0 Å². The van der Waals surface area contributed by atoms with Crippen molar-refractivity contribution in [1.29, 1.82) is 0 Å². The minimum Gasteiger partial charge on any atom is -0.385 e. The van der Waals surface area contributed by atoms with Crippen LogP contribution in [-0.2, 0) is 10.3 Å². The van der Waals surface area contributed by atoms with Crippen LogP contribution >= 0.6 is 11.6 Å². The molecule has 160 valence electrons. The Morgan fingerprint density at radius 2 is 2.00 bits per heavy atom. The number of aliphatic imine (C=N–C) groups is 1. The first kappa shape index (κ1) is 21.9. The number of rotatable bonds is 3. The molecule has 1 amide bonds. The fourth-order valence-corrected chi connectivity index (χ4v) is 3.09. The van der Waals surface area contributed by atoms with Gasteiger partial charge in [0.05, 0.1) is 5.02 Å². The van der Waals surface area contributed by atoms with E-state index in [1.165, 1.54) is 18.3 Å². The van der Waals surface area contributed by atoms with E-state index in [1.807, 2.05) is 0 Å². The predicted octanol–water partition coefficient (Wildman–Crippen LogP) is 3.96. The van der Waals surface area contributed by atoms with Gasteiger partial charge in [-0.05, 0) is 37.3 Å². The number of carbonyl (C=O) groups is 1. The number of amides is 1. The van der Waals surface area contributed by atoms with Gasteiger partial charge in [0.2, 0.25) is 0 Å². The molecule has 3 rings (SSSR count). The number of carbonyl (C=O) groups excluding carboxylic acids is 1. The van der Waals surface area contributed by atoms with E-state index in [0.29, 0.717) is 6.92 Å². The second-order valence-electron chi connectivity index (χ2n) is 6.57. The topological polar surface area (TPSA) is 89.6 Å². The van der Waals surface area contributed by atoms with E-state index in [2.05, 4.69) is 20.0 Å². The number of alkyl halides is 4. The molecule has 12 heteroatoms. The van der Waals surface area contributed by atoms with Crippen LogP contribution < -0.4 is 11.1 Å². The summed E-state index contributed by atoms with van der Waals surface area (Å²) in [7, 11) is 0. The maximum absolute atomic E-state index is 15.1. The molecule has 0 aliphatic carbocycles. The number of nitrogens with zero attached hydrogens (tertiary/aromatic N) is 2. The molecule has 2 heterocycles. The summed E-state index contributed by atoms with van der Waals surface area (Å²) in [6.45, 7) is -0.219. The van der Waals surface area contributed by atoms with Crippen LogP contribution in [0.15, 0.2) is 41.5 Å². The van der Waals surface area contributed by atoms with Gasteiger partial charge in [0, 0.05) is 17.4 Å². The number of nitrogens with one attached hydrogen (secondary N) is 1. The van der Waals surface area contributed by atoms with Gasteiger partial charge in [-0.3, -0.25) is 9.79 Å². The lowest BCUT2D eigenvalue weighted by atomic mass is 9.82. The molecular weight excluding hydrogens is 435 g/mol. The van der Waals surface area contributed by atoms with E-state index in [1.54, 1.807) is 0 Å². The third-order valence-electron chi connectivity index (χ3n) is 4.49. The lowest BCUT2D eigenvalue weighted by Crippen LogP contribution is -2.61. The van der Waals surface area contributed by atoms with Crippen LogP contribution in [-0.4, -0.2) is 35.4 Å². The van der Waals surface area contributed by atoms with E-state index in [0.717, 1.165) is 18.2 Å². The molecule has 1 aliphatic heterocycles. The molecule has 0 spiro atoms. The van der Waals surface area contributed by atoms with E-state index >= 15 is 4.39 Å². The van der Waals surface area contributed by atoms with Crippen LogP contribution in [0.2, 0.25) is 5.02 Å². The number of anilines is 1. The number of hydrogen-bond donors (Lipinski definition) is 2. The highest BCUT2D eigenvalue weighted by Crippen LogP contribution is 2.52. The van der Waals surface area contributed by atoms with Crippen molar-refractivity contribution in [2.75, 3.05) is 11.9 Å². The molecule has 1 aliphatic rings. The first-order chi connectivity index (χ1) is 13.9. The van der Waals surface area contributed by atoms with Crippen molar-refractivity contribution in [2.24, 2.45) is 10.7 Å². The Morgan fingerprint density at radius 1 is 1.30 bits per heavy atom. The zero-order valence-electron chi connectivity index (χ0n) is 15.2. The maximum atomic E-state index is 15.1. The second kappa shape index (κ2) is 7.47. The SMILES string of the molecule is C[C@]1(c2cc(NC(=O)c3ccc(Cl)cn3)ccc2F)N=C(N)CO[C@]1(F)C(F)(F)F. The van der Waals surface area contributed by atoms with Crippen molar-refractivity contribution >= 4 is 29.0 Å². The standard InChI is InChI=1S/C18H14ClF5N4O2/c1-16(17(21,18(22,23)24)30-8-14(25)28-16)11-6-10(3-4-12(11)20)27-15(29)13-5-2-9(19)7-26-13/h2-7H,8H2,1H3,(H2,25,28)(H,27,29)/t16-,17+/m1/s1. The van der Waals surface area contributed by atoms with Crippen LogP contribution in [0, 0.1) is 5.82 Å². The Kier molecular flexibility index (Phi) is 5.46. The summed E-state index contributed by atoms with van der Waals surface area (Å²) < 4.78 is 74.5. The molecule has 2 aromatic rings. The molecule has 0 fully saturated rings. The molecule has 1 aromatic heterocycles. The highest BCUT2D eigenvalue weighted by atomic mass is 35.5. The normalized spacial score (nSPS) is 24.3. The molecule has 6 nitrogen and oxygen atoms in total. The molecule has 0 saturated heterocycles. The number of nitrogens with two attached hydrogens (primary N) is 1. The fourth-order valence-electron chi connectivity index (χ4n) is 2.98. The van der Waals surface area contributed by atoms with Gasteiger partial charge in [-0.2, -0.15) is 17.6 Å². The number of ether oxygens (including phenoxy) is 1. The number of hydrogen-bond acceptors (Lipinski definition) is 5. The van der Waals surface area contributed by atoms with Gasteiger partial charge in [-0.25, -0.2) is 9.37 Å². The third kappa shape index (κ3) is 3.70. The minimum absolute atomic E-state index is 0.0603. The van der Waals surface area contributed by atoms with E-state index in [4.69, 9.17) is 17.3 Å². The summed E-state index contributed by atoms with van der Waals surface area (Å²) in [6.07, 6.45) is -4.34. The van der Waals surface area contributed by atoms with Gasteiger partial charge in [0.1, 0.15) is 24.0 Å². The first-order valence-corrected chi connectivity index (χ1v) is 8.72. The second-order valence-corrected chi connectivity index (χ2v) is 7.00. The summed E-state index contributed by atoms with van der Waals surface area (Å²) >= 11 is 5.69. The molecule has 0 unspecified atom stereocenters. The van der Waals surface area contributed by atoms with Gasteiger partial charge in [-0.1, -0.05) is 11.6 Å². The van der Waals surface area contributed by atoms with E-state index in [-0.39, 0.29) is 16.4 Å². The van der Waals surface area contributed by atoms with E-state index < -0.39 is 47.3 Å². The average Bonchev–Trinajstić information content (AvgIpc) is 2.66. The molecule has 0 bridgehead atoms. The zero-order chi connectivity index (χ0) is 22.3. The Hall–Kier alpha value is -2.79. The van der Waals surface area contributed by atoms with Crippen molar-refractivity contribution in [2.45, 2.75) is 24.5 Å². The molecule has 30 heavy (non-hydrogen) atoms. The Labute approximate surface area is 171 Å². The summed E-state index contributed by atoms with van der Waals surface area (Å²) in [5, 5.41) is 2.62.